The van der Waals surface area contributed by atoms with Crippen LogP contribution in [0.5, 0.6) is 0 Å². The Labute approximate surface area is 58.6 Å². The van der Waals surface area contributed by atoms with E-state index in [2.05, 4.69) is 10.3 Å². The molecule has 0 aromatic heterocycles. The van der Waals surface area contributed by atoms with Gasteiger partial charge in [0.05, 0.1) is 10.8 Å². The van der Waals surface area contributed by atoms with Crippen molar-refractivity contribution in [1.82, 2.24) is 0 Å². The molecule has 0 radical (unpaired) electrons. The van der Waals surface area contributed by atoms with Crippen molar-refractivity contribution in [1.29, 1.82) is 0 Å². The molecule has 0 spiro atoms. The Morgan fingerprint density at radius 1 is 0.800 bits per heavy atom. The van der Waals surface area contributed by atoms with Crippen molar-refractivity contribution in [3.63, 3.8) is 0 Å². The fourth-order valence-electron chi connectivity index (χ4n) is 0.155. The Morgan fingerprint density at radius 3 is 1.10 bits per heavy atom. The molecular formula is C2H6N2O4S2. The SMILES string of the molecule is NS(=O)(=O)/C=C\S(N)(=O)=O. The Balaban J connectivity index is 4.64. The zero-order chi connectivity index (χ0) is 8.41. The van der Waals surface area contributed by atoms with Crippen LogP contribution in [0.15, 0.2) is 10.8 Å². The fraction of sp³-hybridized carbons (Fsp3) is 0. The molecule has 60 valence electrons. The predicted octanol–water partition coefficient (Wildman–Crippen LogP) is -1.97. The number of primary sulfonamides is 2. The van der Waals surface area contributed by atoms with Gasteiger partial charge >= 0.3 is 0 Å². The average molecular weight is 186 g/mol. The summed E-state index contributed by atoms with van der Waals surface area (Å²) in [6.45, 7) is 0. The summed E-state index contributed by atoms with van der Waals surface area (Å²) in [6, 6.07) is 0. The topological polar surface area (TPSA) is 120 Å². The third-order valence-electron chi connectivity index (χ3n) is 0.435. The summed E-state index contributed by atoms with van der Waals surface area (Å²) in [5, 5.41) is 9.43. The molecule has 0 amide bonds. The second kappa shape index (κ2) is 2.66. The molecule has 8 heteroatoms. The molecule has 0 aromatic rings. The normalized spacial score (nSPS) is 14.2. The lowest BCUT2D eigenvalue weighted by atomic mass is 11.3. The third-order valence-corrected chi connectivity index (χ3v) is 1.64. The van der Waals surface area contributed by atoms with Gasteiger partial charge in [0.15, 0.2) is 0 Å². The van der Waals surface area contributed by atoms with Gasteiger partial charge in [-0.1, -0.05) is 0 Å². The van der Waals surface area contributed by atoms with Crippen molar-refractivity contribution < 1.29 is 16.8 Å². The van der Waals surface area contributed by atoms with E-state index in [1.807, 2.05) is 0 Å². The first-order valence-corrected chi connectivity index (χ1v) is 5.16. The predicted molar refractivity (Wildman–Crippen MR) is 35.4 cm³/mol. The number of nitrogens with two attached hydrogens (primary N) is 2. The van der Waals surface area contributed by atoms with Gasteiger partial charge in [0.2, 0.25) is 20.0 Å². The highest BCUT2D eigenvalue weighted by atomic mass is 32.2. The number of sulfonamides is 2. The highest BCUT2D eigenvalue weighted by Gasteiger charge is 1.98. The monoisotopic (exact) mass is 186 g/mol. The molecule has 4 N–H and O–H groups in total. The lowest BCUT2D eigenvalue weighted by Crippen LogP contribution is -2.11. The molecular weight excluding hydrogens is 180 g/mol. The van der Waals surface area contributed by atoms with Crippen LogP contribution in [0, 0.1) is 0 Å². The quantitative estimate of drug-likeness (QED) is 0.519. The molecule has 0 saturated heterocycles. The van der Waals surface area contributed by atoms with Crippen molar-refractivity contribution in [2.75, 3.05) is 0 Å². The first kappa shape index (κ1) is 9.56. The zero-order valence-electron chi connectivity index (χ0n) is 4.76. The highest BCUT2D eigenvalue weighted by Crippen LogP contribution is 1.84. The maximum Gasteiger partial charge on any atom is 0.231 e. The molecule has 0 aliphatic carbocycles. The van der Waals surface area contributed by atoms with Gasteiger partial charge in [-0.2, -0.15) is 0 Å². The minimum atomic E-state index is -3.90. The van der Waals surface area contributed by atoms with E-state index in [9.17, 15) is 16.8 Å². The molecule has 10 heavy (non-hydrogen) atoms. The smallest absolute Gasteiger partial charge is 0.225 e. The zero-order valence-corrected chi connectivity index (χ0v) is 6.39. The molecule has 0 aliphatic rings. The second-order valence-electron chi connectivity index (χ2n) is 1.45. The third kappa shape index (κ3) is 7.56. The summed E-state index contributed by atoms with van der Waals surface area (Å²) in [5.74, 6) is 0. The maximum atomic E-state index is 10.0. The van der Waals surface area contributed by atoms with Crippen LogP contribution in [0.25, 0.3) is 0 Å². The summed E-state index contributed by atoms with van der Waals surface area (Å²) >= 11 is 0. The maximum absolute atomic E-state index is 10.0. The molecule has 0 fully saturated rings. The van der Waals surface area contributed by atoms with Gasteiger partial charge in [-0.25, -0.2) is 27.1 Å². The molecule has 6 nitrogen and oxygen atoms in total. The number of hydrogen-bond acceptors (Lipinski definition) is 4. The van der Waals surface area contributed by atoms with Crippen LogP contribution >= 0.6 is 0 Å². The van der Waals surface area contributed by atoms with Crippen molar-refractivity contribution in [3.05, 3.63) is 10.8 Å². The average Bonchev–Trinajstić information content (AvgIpc) is 1.57. The Kier molecular flexibility index (Phi) is 2.54. The summed E-state index contributed by atoms with van der Waals surface area (Å²) in [7, 11) is -7.79. The molecule has 0 atom stereocenters. The van der Waals surface area contributed by atoms with Gasteiger partial charge in [0, 0.05) is 0 Å². The van der Waals surface area contributed by atoms with Crippen molar-refractivity contribution in [2.24, 2.45) is 10.3 Å². The number of rotatable bonds is 2. The van der Waals surface area contributed by atoms with E-state index in [0.717, 1.165) is 0 Å². The highest BCUT2D eigenvalue weighted by molar-refractivity contribution is 7.95. The van der Waals surface area contributed by atoms with Crippen LogP contribution in [-0.4, -0.2) is 16.8 Å². The largest absolute Gasteiger partial charge is 0.231 e. The van der Waals surface area contributed by atoms with Gasteiger partial charge < -0.3 is 0 Å². The molecule has 0 aliphatic heterocycles. The molecule has 0 bridgehead atoms. The Bertz CT molecular complexity index is 288. The minimum absolute atomic E-state index is 0.308. The second-order valence-corrected chi connectivity index (χ2v) is 4.35. The molecule has 0 heterocycles. The van der Waals surface area contributed by atoms with Gasteiger partial charge in [-0.15, -0.1) is 0 Å². The Morgan fingerprint density at radius 2 is 1.00 bits per heavy atom. The van der Waals surface area contributed by atoms with Crippen LogP contribution in [-0.2, 0) is 20.0 Å². The van der Waals surface area contributed by atoms with Crippen molar-refractivity contribution in [3.8, 4) is 0 Å². The van der Waals surface area contributed by atoms with Crippen molar-refractivity contribution in [2.45, 2.75) is 0 Å². The van der Waals surface area contributed by atoms with E-state index in [1.54, 1.807) is 0 Å². The first-order chi connectivity index (χ1) is 4.21. The summed E-state index contributed by atoms with van der Waals surface area (Å²) in [6.07, 6.45) is 0. The van der Waals surface area contributed by atoms with Gasteiger partial charge in [-0.3, -0.25) is 0 Å². The Hall–Kier alpha value is -0.440. The molecule has 0 aromatic carbocycles. The van der Waals surface area contributed by atoms with E-state index < -0.39 is 20.0 Å². The van der Waals surface area contributed by atoms with Crippen LogP contribution in [0.1, 0.15) is 0 Å². The van der Waals surface area contributed by atoms with Crippen molar-refractivity contribution >= 4 is 20.0 Å². The van der Waals surface area contributed by atoms with E-state index in [4.69, 9.17) is 0 Å². The minimum Gasteiger partial charge on any atom is -0.225 e. The molecule has 0 rings (SSSR count). The van der Waals surface area contributed by atoms with Gasteiger partial charge in [-0.05, 0) is 0 Å². The summed E-state index contributed by atoms with van der Waals surface area (Å²) < 4.78 is 40.2. The standard InChI is InChI=1S/C2H6N2O4S2/c3-9(5,6)1-2-10(4,7)8/h1-2H,(H2,3,5,6)(H2,4,7,8)/b2-1-. The van der Waals surface area contributed by atoms with E-state index in [1.165, 1.54) is 0 Å². The summed E-state index contributed by atoms with van der Waals surface area (Å²) in [5.41, 5.74) is 0. The fourth-order valence-corrected chi connectivity index (χ4v) is 1.39. The van der Waals surface area contributed by atoms with Crippen LogP contribution in [0.2, 0.25) is 0 Å². The lowest BCUT2D eigenvalue weighted by Gasteiger charge is -1.84. The van der Waals surface area contributed by atoms with Crippen LogP contribution in [0.4, 0.5) is 0 Å². The van der Waals surface area contributed by atoms with Gasteiger partial charge in [0.1, 0.15) is 0 Å². The molecule has 0 unspecified atom stereocenters. The number of hydrogen-bond donors (Lipinski definition) is 2. The van der Waals surface area contributed by atoms with Gasteiger partial charge in [0.25, 0.3) is 0 Å². The van der Waals surface area contributed by atoms with E-state index in [-0.39, 0.29) is 0 Å². The van der Waals surface area contributed by atoms with Crippen LogP contribution in [0.3, 0.4) is 0 Å². The lowest BCUT2D eigenvalue weighted by molar-refractivity contribution is 0.602. The van der Waals surface area contributed by atoms with E-state index >= 15 is 0 Å². The summed E-state index contributed by atoms with van der Waals surface area (Å²) in [4.78, 5) is 0. The van der Waals surface area contributed by atoms with E-state index in [0.29, 0.717) is 10.8 Å². The van der Waals surface area contributed by atoms with Crippen LogP contribution < -0.4 is 10.3 Å². The molecule has 0 saturated carbocycles. The first-order valence-electron chi connectivity index (χ1n) is 1.94.